The maximum atomic E-state index is 13.3. The van der Waals surface area contributed by atoms with E-state index in [9.17, 15) is 13.2 Å². The number of rotatable bonds is 6. The third kappa shape index (κ3) is 4.88. The molecule has 1 amide bonds. The fourth-order valence-electron chi connectivity index (χ4n) is 3.77. The minimum absolute atomic E-state index is 0.0900. The molecule has 2 aromatic rings. The van der Waals surface area contributed by atoms with E-state index in [1.807, 2.05) is 4.90 Å². The normalized spacial score (nSPS) is 17.7. The van der Waals surface area contributed by atoms with Crippen LogP contribution < -0.4 is 15.0 Å². The van der Waals surface area contributed by atoms with Crippen molar-refractivity contribution in [2.45, 2.75) is 4.90 Å². The molecule has 0 unspecified atom stereocenters. The minimum atomic E-state index is -3.74. The second-order valence-electron chi connectivity index (χ2n) is 7.48. The lowest BCUT2D eigenvalue weighted by Crippen LogP contribution is -2.41. The fourth-order valence-corrected chi connectivity index (χ4v) is 5.21. The molecule has 0 aliphatic carbocycles. The Morgan fingerprint density at radius 2 is 1.66 bits per heavy atom. The van der Waals surface area contributed by atoms with Crippen LogP contribution in [0.3, 0.4) is 0 Å². The van der Waals surface area contributed by atoms with Crippen molar-refractivity contribution in [1.82, 2.24) is 4.31 Å². The molecule has 0 atom stereocenters. The van der Waals surface area contributed by atoms with Gasteiger partial charge in [0.1, 0.15) is 5.75 Å². The van der Waals surface area contributed by atoms with E-state index in [-0.39, 0.29) is 4.90 Å². The molecule has 2 saturated heterocycles. The van der Waals surface area contributed by atoms with Crippen LogP contribution in [0.2, 0.25) is 0 Å². The predicted octanol–water partition coefficient (Wildman–Crippen LogP) is 1.80. The lowest BCUT2D eigenvalue weighted by atomic mass is 10.1. The molecule has 4 rings (SSSR count). The Kier molecular flexibility index (Phi) is 6.95. The van der Waals surface area contributed by atoms with E-state index in [1.54, 1.807) is 43.5 Å². The molecule has 10 heteroatoms. The molecule has 172 valence electrons. The van der Waals surface area contributed by atoms with Crippen molar-refractivity contribution >= 4 is 27.3 Å². The van der Waals surface area contributed by atoms with Crippen molar-refractivity contribution in [3.63, 3.8) is 0 Å². The molecular formula is C22H27N3O6S. The van der Waals surface area contributed by atoms with Gasteiger partial charge in [0.2, 0.25) is 10.0 Å². The lowest BCUT2D eigenvalue weighted by Gasteiger charge is -2.31. The van der Waals surface area contributed by atoms with E-state index in [0.717, 1.165) is 0 Å². The molecule has 2 aliphatic heterocycles. The smallest absolute Gasteiger partial charge is 0.257 e. The highest BCUT2D eigenvalue weighted by molar-refractivity contribution is 7.89. The summed E-state index contributed by atoms with van der Waals surface area (Å²) in [4.78, 5) is 15.4. The summed E-state index contributed by atoms with van der Waals surface area (Å²) in [5, 5.41) is 2.87. The summed E-state index contributed by atoms with van der Waals surface area (Å²) >= 11 is 0. The van der Waals surface area contributed by atoms with Gasteiger partial charge in [-0.2, -0.15) is 4.31 Å². The summed E-state index contributed by atoms with van der Waals surface area (Å²) in [7, 11) is -2.19. The number of hydrogen-bond acceptors (Lipinski definition) is 7. The number of anilines is 2. The zero-order valence-electron chi connectivity index (χ0n) is 18.0. The standard InChI is InChI=1S/C22H27N3O6S/c1-29-18-4-2-3-17(15-18)23-22(26)20-16-19(32(27,28)25-9-13-31-14-10-25)5-6-21(20)24-7-11-30-12-8-24/h2-6,15-16H,7-14H2,1H3,(H,23,26). The fraction of sp³-hybridized carbons (Fsp3) is 0.409. The number of carbonyl (C=O) groups is 1. The molecule has 32 heavy (non-hydrogen) atoms. The van der Waals surface area contributed by atoms with Crippen molar-refractivity contribution in [1.29, 1.82) is 0 Å². The number of morpholine rings is 2. The average molecular weight is 462 g/mol. The highest BCUT2D eigenvalue weighted by Crippen LogP contribution is 2.28. The Morgan fingerprint density at radius 3 is 2.34 bits per heavy atom. The monoisotopic (exact) mass is 461 g/mol. The Bertz CT molecular complexity index is 1060. The van der Waals surface area contributed by atoms with Gasteiger partial charge in [0, 0.05) is 43.6 Å². The number of sulfonamides is 1. The maximum absolute atomic E-state index is 13.3. The molecular weight excluding hydrogens is 434 g/mol. The Hall–Kier alpha value is -2.66. The van der Waals surface area contributed by atoms with Crippen LogP contribution in [0.25, 0.3) is 0 Å². The minimum Gasteiger partial charge on any atom is -0.497 e. The number of hydrogen-bond donors (Lipinski definition) is 1. The summed E-state index contributed by atoms with van der Waals surface area (Å²) in [6.07, 6.45) is 0. The van der Waals surface area contributed by atoms with Gasteiger partial charge in [0.05, 0.1) is 44.0 Å². The first kappa shape index (κ1) is 22.5. The van der Waals surface area contributed by atoms with Crippen LogP contribution in [0.5, 0.6) is 5.75 Å². The van der Waals surface area contributed by atoms with Gasteiger partial charge >= 0.3 is 0 Å². The van der Waals surface area contributed by atoms with Crippen molar-refractivity contribution in [2.24, 2.45) is 0 Å². The van der Waals surface area contributed by atoms with Crippen molar-refractivity contribution in [2.75, 3.05) is 69.9 Å². The van der Waals surface area contributed by atoms with Crippen LogP contribution in [0, 0.1) is 0 Å². The summed E-state index contributed by atoms with van der Waals surface area (Å²) < 4.78 is 43.7. The van der Waals surface area contributed by atoms with E-state index in [0.29, 0.717) is 75.3 Å². The molecule has 2 aliphatic rings. The van der Waals surface area contributed by atoms with Crippen molar-refractivity contribution in [3.05, 3.63) is 48.0 Å². The average Bonchev–Trinajstić information content (AvgIpc) is 2.85. The zero-order valence-corrected chi connectivity index (χ0v) is 18.8. The first-order chi connectivity index (χ1) is 15.5. The summed E-state index contributed by atoms with van der Waals surface area (Å²) in [5.74, 6) is 0.221. The van der Waals surface area contributed by atoms with Crippen LogP contribution in [-0.2, 0) is 19.5 Å². The van der Waals surface area contributed by atoms with E-state index < -0.39 is 15.9 Å². The second-order valence-corrected chi connectivity index (χ2v) is 9.42. The molecule has 1 N–H and O–H groups in total. The number of ether oxygens (including phenoxy) is 3. The number of benzene rings is 2. The summed E-state index contributed by atoms with van der Waals surface area (Å²) in [6, 6.07) is 11.8. The number of methoxy groups -OCH3 is 1. The molecule has 2 heterocycles. The van der Waals surface area contributed by atoms with Gasteiger partial charge in [0.25, 0.3) is 5.91 Å². The van der Waals surface area contributed by atoms with Gasteiger partial charge < -0.3 is 24.4 Å². The van der Waals surface area contributed by atoms with Gasteiger partial charge in [-0.25, -0.2) is 8.42 Å². The number of amides is 1. The number of carbonyl (C=O) groups excluding carboxylic acids is 1. The second kappa shape index (κ2) is 9.86. The summed E-state index contributed by atoms with van der Waals surface area (Å²) in [5.41, 5.74) is 1.53. The Labute approximate surface area is 187 Å². The molecule has 2 fully saturated rings. The molecule has 0 spiro atoms. The van der Waals surface area contributed by atoms with Gasteiger partial charge in [-0.15, -0.1) is 0 Å². The van der Waals surface area contributed by atoms with Crippen LogP contribution in [0.15, 0.2) is 47.4 Å². The molecule has 0 aromatic heterocycles. The topological polar surface area (TPSA) is 97.4 Å². The van der Waals surface area contributed by atoms with E-state index in [1.165, 1.54) is 10.4 Å². The van der Waals surface area contributed by atoms with Gasteiger partial charge in [-0.3, -0.25) is 4.79 Å². The predicted molar refractivity (Wildman–Crippen MR) is 120 cm³/mol. The number of nitrogens with zero attached hydrogens (tertiary/aromatic N) is 2. The molecule has 2 aromatic carbocycles. The maximum Gasteiger partial charge on any atom is 0.257 e. The summed E-state index contributed by atoms with van der Waals surface area (Å²) in [6.45, 7) is 3.62. The first-order valence-electron chi connectivity index (χ1n) is 10.5. The van der Waals surface area contributed by atoms with Crippen LogP contribution in [-0.4, -0.2) is 78.3 Å². The lowest BCUT2D eigenvalue weighted by molar-refractivity contribution is 0.0730. The highest BCUT2D eigenvalue weighted by Gasteiger charge is 2.29. The third-order valence-electron chi connectivity index (χ3n) is 5.50. The van der Waals surface area contributed by atoms with Crippen LogP contribution in [0.4, 0.5) is 11.4 Å². The van der Waals surface area contributed by atoms with Gasteiger partial charge in [-0.1, -0.05) is 6.07 Å². The van der Waals surface area contributed by atoms with E-state index in [4.69, 9.17) is 14.2 Å². The Balaban J connectivity index is 1.69. The third-order valence-corrected chi connectivity index (χ3v) is 7.39. The Morgan fingerprint density at radius 1 is 0.969 bits per heavy atom. The quantitative estimate of drug-likeness (QED) is 0.701. The van der Waals surface area contributed by atoms with E-state index in [2.05, 4.69) is 5.32 Å². The molecule has 0 saturated carbocycles. The van der Waals surface area contributed by atoms with Crippen molar-refractivity contribution in [3.8, 4) is 5.75 Å². The van der Waals surface area contributed by atoms with Gasteiger partial charge in [-0.05, 0) is 30.3 Å². The SMILES string of the molecule is COc1cccc(NC(=O)c2cc(S(=O)(=O)N3CCOCC3)ccc2N2CCOCC2)c1. The zero-order chi connectivity index (χ0) is 22.6. The van der Waals surface area contributed by atoms with Crippen LogP contribution in [0.1, 0.15) is 10.4 Å². The molecule has 0 bridgehead atoms. The molecule has 0 radical (unpaired) electrons. The van der Waals surface area contributed by atoms with E-state index >= 15 is 0 Å². The first-order valence-corrected chi connectivity index (χ1v) is 11.9. The number of nitrogens with one attached hydrogen (secondary N) is 1. The van der Waals surface area contributed by atoms with Gasteiger partial charge in [0.15, 0.2) is 0 Å². The largest absolute Gasteiger partial charge is 0.497 e. The van der Waals surface area contributed by atoms with Crippen molar-refractivity contribution < 1.29 is 27.4 Å². The molecule has 9 nitrogen and oxygen atoms in total. The van der Waals surface area contributed by atoms with Crippen LogP contribution >= 0.6 is 0 Å². The highest BCUT2D eigenvalue weighted by atomic mass is 32.2.